The van der Waals surface area contributed by atoms with E-state index in [0.29, 0.717) is 45.0 Å². The van der Waals surface area contributed by atoms with E-state index < -0.39 is 190 Å². The van der Waals surface area contributed by atoms with Crippen molar-refractivity contribution in [3.8, 4) is 100 Å². The molecule has 0 saturated heterocycles. The van der Waals surface area contributed by atoms with Gasteiger partial charge >= 0.3 is 0 Å². The smallest absolute Gasteiger partial charge is 0.252 e. The van der Waals surface area contributed by atoms with Crippen LogP contribution >= 0.6 is 11.3 Å². The molecule has 3 aliphatic heterocycles. The van der Waals surface area contributed by atoms with Crippen molar-refractivity contribution in [2.75, 3.05) is 9.80 Å². The summed E-state index contributed by atoms with van der Waals surface area (Å²) in [6.45, 7) is 18.6. The van der Waals surface area contributed by atoms with Crippen LogP contribution in [0.4, 0.5) is 34.1 Å². The van der Waals surface area contributed by atoms with Crippen LogP contribution in [0.15, 0.2) is 363 Å². The summed E-state index contributed by atoms with van der Waals surface area (Å²) in [4.78, 5) is 4.60. The Bertz CT molecular complexity index is 8660. The molecule has 0 unspecified atom stereocenters. The standard InChI is InChI=1S/C114H87BN4S/c1-112(2,3)82-62-89(72-32-18-12-19-33-72)110-91(64-82)80-38-26-36-74(56-80)78-46-54-107-95(60-78)96-61-79(47-55-108(96)120-107)75-37-27-39-81(57-75)92-65-83(113(4,5)6)63-90(73-34-20-13-21-35-73)111(92)119-104-69-86(117-100-43-25-23-41-88(100)94-59-77(45-53-102(94)117)71-30-16-11-17-31-71)49-51-98(104)115-97-50-48-85(68-103(97)118(110)105-66-84(114(7,8)9)67-106(119)109(105)115)116-99-42-24-22-40-87(99)93-58-76(44-52-101(93)116)70-28-14-10-15-29-70/h10-69H,1-9H3/i10D,11D,14D,15D,16D,17D,22D,23D,24D,25D,28D,29D,30D,31D,40D,41D,42D,43D,44D,45D,52D,53D,58D,59D. The molecule has 13 bridgehead atoms. The molecule has 6 heterocycles. The first-order valence-corrected chi connectivity index (χ1v) is 41.2. The van der Waals surface area contributed by atoms with Gasteiger partial charge in [-0.1, -0.05) is 292 Å². The molecule has 0 aliphatic carbocycles. The van der Waals surface area contributed by atoms with E-state index in [1.807, 2.05) is 60.7 Å². The van der Waals surface area contributed by atoms with E-state index in [-0.39, 0.29) is 55.0 Å². The van der Waals surface area contributed by atoms with Crippen molar-refractivity contribution in [1.29, 1.82) is 0 Å². The molecule has 0 radical (unpaired) electrons. The van der Waals surface area contributed by atoms with Gasteiger partial charge in [0.2, 0.25) is 0 Å². The topological polar surface area (TPSA) is 16.3 Å². The summed E-state index contributed by atoms with van der Waals surface area (Å²) in [6.07, 6.45) is 0. The molecule has 0 atom stereocenters. The number of nitrogens with zero attached hydrogens (tertiary/aromatic N) is 4. The molecule has 4 nitrogen and oxygen atoms in total. The lowest BCUT2D eigenvalue weighted by Crippen LogP contribution is -2.61. The van der Waals surface area contributed by atoms with Gasteiger partial charge in [0.15, 0.2) is 0 Å². The van der Waals surface area contributed by atoms with Gasteiger partial charge < -0.3 is 18.9 Å². The number of para-hydroxylation sites is 2. The maximum absolute atomic E-state index is 10.5. The fraction of sp³-hybridized carbons (Fsp3) is 0.105. The number of hydrogen-bond donors (Lipinski definition) is 0. The lowest BCUT2D eigenvalue weighted by Gasteiger charge is -2.47. The number of aromatic nitrogens is 2. The number of hydrogen-bond acceptors (Lipinski definition) is 3. The normalized spacial score (nSPS) is 15.8. The SMILES string of the molecule is [2H]c1c([2H])c([2H])c(-c2c([2H])c([2H])c3c(c2[2H])c2c([2H])c([2H])c([2H])c([2H])c2n3-c2ccc3c(c2)N2c4cc(C(C)(C)C)cc5c4B3c3ccc(-n4c6c([2H])c([2H])c([2H])c([2H])c6c6c([2H])c(-c7c([2H])c([2H])c([2H])c([2H])c7[2H])c([2H])c([2H])c64)cc3N5c3c(-c4ccccc4)cc(C(C)(C)C)cc3-c3cccc(c3)-c3ccc4sc5ccc(cc5c4c3)-c3cccc(c3)-c3cc(C(C)(C)C)cc(-c4ccccc4)c32)c([2H])c1[2H]. The maximum atomic E-state index is 10.5. The van der Waals surface area contributed by atoms with Gasteiger partial charge in [-0.15, -0.1) is 11.3 Å². The van der Waals surface area contributed by atoms with Crippen molar-refractivity contribution in [2.24, 2.45) is 0 Å². The first-order chi connectivity index (χ1) is 68.4. The first-order valence-electron chi connectivity index (χ1n) is 52.3. The van der Waals surface area contributed by atoms with Gasteiger partial charge in [0, 0.05) is 98.1 Å². The van der Waals surface area contributed by atoms with Crippen LogP contribution in [-0.4, -0.2) is 15.8 Å². The number of fused-ring (bicyclic) bond motifs is 26. The first kappa shape index (κ1) is 50.8. The van der Waals surface area contributed by atoms with E-state index in [4.69, 9.17) is 8.22 Å². The zero-order chi connectivity index (χ0) is 102. The summed E-state index contributed by atoms with van der Waals surface area (Å²) in [7, 11) is 0. The molecule has 0 N–H and O–H groups in total. The maximum Gasteiger partial charge on any atom is 0.252 e. The Hall–Kier alpha value is -13.8. The van der Waals surface area contributed by atoms with Crippen LogP contribution in [-0.2, 0) is 16.2 Å². The van der Waals surface area contributed by atoms with E-state index in [2.05, 4.69) is 218 Å². The molecule has 0 saturated carbocycles. The van der Waals surface area contributed by atoms with Crippen LogP contribution in [0.2, 0.25) is 0 Å². The second kappa shape index (κ2) is 26.9. The van der Waals surface area contributed by atoms with Crippen molar-refractivity contribution < 1.29 is 32.9 Å². The van der Waals surface area contributed by atoms with Crippen molar-refractivity contribution in [1.82, 2.24) is 9.13 Å². The molecule has 0 fully saturated rings. The highest BCUT2D eigenvalue weighted by Crippen LogP contribution is 2.57. The Balaban J connectivity index is 0.942. The molecule has 120 heavy (non-hydrogen) atoms. The van der Waals surface area contributed by atoms with Crippen LogP contribution in [0.1, 0.15) is 112 Å². The van der Waals surface area contributed by atoms with Gasteiger partial charge in [-0.2, -0.15) is 0 Å². The Morgan fingerprint density at radius 1 is 0.267 bits per heavy atom. The molecule has 572 valence electrons. The summed E-state index contributed by atoms with van der Waals surface area (Å²) < 4.78 is 236. The Labute approximate surface area is 739 Å². The van der Waals surface area contributed by atoms with Crippen molar-refractivity contribution in [3.05, 3.63) is 380 Å². The second-order valence-electron chi connectivity index (χ2n) is 34.6. The molecule has 20 aromatic rings. The summed E-state index contributed by atoms with van der Waals surface area (Å²) in [6, 6.07) is 58.9. The molecule has 3 aromatic heterocycles. The number of thiophene rings is 1. The Kier molecular flexibility index (Phi) is 11.4. The quantitative estimate of drug-likeness (QED) is 0.154. The van der Waals surface area contributed by atoms with E-state index in [9.17, 15) is 24.7 Å². The van der Waals surface area contributed by atoms with E-state index in [1.165, 1.54) is 9.13 Å². The average molecular weight is 1580 g/mol. The predicted molar refractivity (Wildman–Crippen MR) is 515 cm³/mol. The van der Waals surface area contributed by atoms with Crippen LogP contribution in [0.3, 0.4) is 0 Å². The zero-order valence-electron chi connectivity index (χ0n) is 91.1. The third kappa shape index (κ3) is 11.4. The third-order valence-corrected chi connectivity index (χ3v) is 25.4. The molecular weight excluding hydrogens is 1470 g/mol. The fourth-order valence-electron chi connectivity index (χ4n) is 18.3. The lowest BCUT2D eigenvalue weighted by atomic mass is 9.33. The second-order valence-corrected chi connectivity index (χ2v) is 35.7. The third-order valence-electron chi connectivity index (χ3n) is 24.3. The zero-order valence-corrected chi connectivity index (χ0v) is 67.9. The Morgan fingerprint density at radius 2 is 0.633 bits per heavy atom. The number of anilines is 6. The molecular formula is C114H87BN4S. The highest BCUT2D eigenvalue weighted by Gasteiger charge is 2.47. The van der Waals surface area contributed by atoms with Crippen LogP contribution < -0.4 is 26.2 Å². The minimum atomic E-state index is -0.943. The minimum absolute atomic E-state index is 0.171. The van der Waals surface area contributed by atoms with E-state index >= 15 is 0 Å². The van der Waals surface area contributed by atoms with Crippen LogP contribution in [0.25, 0.3) is 164 Å². The largest absolute Gasteiger partial charge is 0.310 e. The number of benzene rings is 17. The summed E-state index contributed by atoms with van der Waals surface area (Å²) in [5, 5.41) is 1.10. The molecule has 23 rings (SSSR count). The molecule has 0 amide bonds. The van der Waals surface area contributed by atoms with E-state index in [1.54, 1.807) is 23.5 Å². The summed E-state index contributed by atoms with van der Waals surface area (Å²) in [5.74, 6) is 0. The van der Waals surface area contributed by atoms with Crippen molar-refractivity contribution in [3.63, 3.8) is 0 Å². The molecule has 17 aromatic carbocycles. The highest BCUT2D eigenvalue weighted by molar-refractivity contribution is 7.25. The summed E-state index contributed by atoms with van der Waals surface area (Å²) in [5.41, 5.74) is 13.9. The van der Waals surface area contributed by atoms with E-state index in [0.717, 1.165) is 109 Å². The molecule has 0 spiro atoms. The highest BCUT2D eigenvalue weighted by atomic mass is 32.1. The van der Waals surface area contributed by atoms with Crippen LogP contribution in [0.5, 0.6) is 0 Å². The van der Waals surface area contributed by atoms with Gasteiger partial charge in [0.25, 0.3) is 6.71 Å². The van der Waals surface area contributed by atoms with Gasteiger partial charge in [-0.05, 0) is 249 Å². The van der Waals surface area contributed by atoms with Crippen molar-refractivity contribution in [2.45, 2.75) is 78.6 Å². The van der Waals surface area contributed by atoms with Gasteiger partial charge in [0.05, 0.1) is 66.3 Å². The van der Waals surface area contributed by atoms with Crippen molar-refractivity contribution >= 4 is 132 Å². The van der Waals surface area contributed by atoms with Gasteiger partial charge in [0.1, 0.15) is 0 Å². The lowest BCUT2D eigenvalue weighted by molar-refractivity contribution is 0.590. The monoisotopic (exact) mass is 1580 g/mol. The van der Waals surface area contributed by atoms with Gasteiger partial charge in [-0.3, -0.25) is 0 Å². The average Bonchev–Trinajstić information content (AvgIpc) is 1.20. The van der Waals surface area contributed by atoms with Gasteiger partial charge in [-0.25, -0.2) is 0 Å². The number of rotatable bonds is 6. The minimum Gasteiger partial charge on any atom is -0.310 e. The molecule has 3 aliphatic rings. The van der Waals surface area contributed by atoms with Crippen LogP contribution in [0, 0.1) is 0 Å². The summed E-state index contributed by atoms with van der Waals surface area (Å²) >= 11 is 1.72. The predicted octanol–water partition coefficient (Wildman–Crippen LogP) is 29.9. The fourth-order valence-corrected chi connectivity index (χ4v) is 19.4. The molecule has 6 heteroatoms. The Morgan fingerprint density at radius 3 is 1.06 bits per heavy atom.